The van der Waals surface area contributed by atoms with Crippen molar-refractivity contribution in [2.75, 3.05) is 0 Å². The maximum atomic E-state index is 12.4. The number of carboxylic acids is 1. The molecule has 0 aliphatic carbocycles. The van der Waals surface area contributed by atoms with E-state index in [-0.39, 0.29) is 12.8 Å². The number of aliphatic carboxylic acids is 1. The molecule has 0 radical (unpaired) electrons. The van der Waals surface area contributed by atoms with Gasteiger partial charge in [0.05, 0.1) is 5.92 Å². The number of unbranched alkanes of at least 4 members (excludes halogenated alkanes) is 6. The topological polar surface area (TPSA) is 122 Å². The van der Waals surface area contributed by atoms with Gasteiger partial charge in [0.2, 0.25) is 5.78 Å². The first-order valence-corrected chi connectivity index (χ1v) is 12.8. The number of allylic oxidation sites excluding steroid dienone is 6. The highest BCUT2D eigenvalue weighted by Crippen LogP contribution is 2.24. The second-order valence-corrected chi connectivity index (χ2v) is 9.02. The standard InChI is InChI=1S/C27H41N3O5/c1-3-4-5-6-7-8-9-10-11-12-13-14-15-16-17-18-19-23(26(32)33)20-21-24(31)27(2)28-22-25(29-27)30(34)35/h7-8,10-11,13-14,22-23H,3-6,9,12,15-21H2,1-2H3,(H,32,33)/b8-7-,11-10-,14-13-. The molecule has 0 bridgehead atoms. The molecule has 2 unspecified atom stereocenters. The lowest BCUT2D eigenvalue weighted by Crippen LogP contribution is -2.30. The Morgan fingerprint density at radius 1 is 1.00 bits per heavy atom. The van der Waals surface area contributed by atoms with Gasteiger partial charge in [-0.2, -0.15) is 0 Å². The van der Waals surface area contributed by atoms with Crippen molar-refractivity contribution in [2.45, 2.75) is 103 Å². The predicted molar refractivity (Wildman–Crippen MR) is 141 cm³/mol. The Labute approximate surface area is 209 Å². The minimum Gasteiger partial charge on any atom is -0.481 e. The second-order valence-electron chi connectivity index (χ2n) is 9.02. The lowest BCUT2D eigenvalue weighted by Gasteiger charge is -2.14. The van der Waals surface area contributed by atoms with Crippen LogP contribution in [0.15, 0.2) is 46.4 Å². The maximum Gasteiger partial charge on any atom is 0.379 e. The summed E-state index contributed by atoms with van der Waals surface area (Å²) < 4.78 is 0. The van der Waals surface area contributed by atoms with Crippen LogP contribution in [0.5, 0.6) is 0 Å². The average molecular weight is 488 g/mol. The van der Waals surface area contributed by atoms with E-state index in [1.54, 1.807) is 0 Å². The SMILES string of the molecule is CCCCC/C=C\C/C=C\C/C=C\CCCCCC(CCC(=O)C1(C)N=CC([N+](=O)[O-])=N1)C(=O)O. The lowest BCUT2D eigenvalue weighted by molar-refractivity contribution is -0.345. The van der Waals surface area contributed by atoms with Gasteiger partial charge in [-0.1, -0.05) is 69.1 Å². The number of hydrogen-bond donors (Lipinski definition) is 1. The van der Waals surface area contributed by atoms with Crippen molar-refractivity contribution in [3.63, 3.8) is 0 Å². The van der Waals surface area contributed by atoms with E-state index in [0.717, 1.165) is 44.7 Å². The van der Waals surface area contributed by atoms with Gasteiger partial charge in [-0.05, 0) is 61.3 Å². The first kappa shape index (κ1) is 30.1. The highest BCUT2D eigenvalue weighted by atomic mass is 16.6. The van der Waals surface area contributed by atoms with Gasteiger partial charge in [0.15, 0.2) is 0 Å². The Bertz CT molecular complexity index is 829. The van der Waals surface area contributed by atoms with Crippen LogP contribution < -0.4 is 0 Å². The molecule has 1 N–H and O–H groups in total. The van der Waals surface area contributed by atoms with E-state index < -0.39 is 34.1 Å². The van der Waals surface area contributed by atoms with Crippen LogP contribution in [0.4, 0.5) is 0 Å². The van der Waals surface area contributed by atoms with Crippen LogP contribution in [0.1, 0.15) is 97.3 Å². The number of carbonyl (C=O) groups excluding carboxylic acids is 1. The molecule has 0 saturated heterocycles. The van der Waals surface area contributed by atoms with Crippen molar-refractivity contribution < 1.29 is 19.6 Å². The number of carboxylic acid groups (broad SMARTS) is 1. The average Bonchev–Trinajstić information content (AvgIpc) is 3.24. The zero-order chi connectivity index (χ0) is 25.9. The number of rotatable bonds is 19. The molecule has 0 aromatic rings. The number of ketones is 1. The molecule has 1 aliphatic heterocycles. The molecule has 8 heteroatoms. The summed E-state index contributed by atoms with van der Waals surface area (Å²) in [5, 5.41) is 20.3. The summed E-state index contributed by atoms with van der Waals surface area (Å²) in [4.78, 5) is 41.7. The number of aliphatic imine (C=N–C) groups is 2. The Balaban J connectivity index is 2.18. The third-order valence-electron chi connectivity index (χ3n) is 5.99. The molecule has 1 rings (SSSR count). The molecule has 0 spiro atoms. The van der Waals surface area contributed by atoms with Gasteiger partial charge in [-0.15, -0.1) is 0 Å². The van der Waals surface area contributed by atoms with E-state index in [4.69, 9.17) is 0 Å². The Morgan fingerprint density at radius 3 is 2.14 bits per heavy atom. The van der Waals surface area contributed by atoms with Gasteiger partial charge in [0.1, 0.15) is 6.21 Å². The Hall–Kier alpha value is -2.90. The van der Waals surface area contributed by atoms with E-state index in [9.17, 15) is 24.8 Å². The molecule has 1 aliphatic rings. The van der Waals surface area contributed by atoms with E-state index in [0.29, 0.717) is 6.42 Å². The summed E-state index contributed by atoms with van der Waals surface area (Å²) in [6.07, 6.45) is 25.4. The van der Waals surface area contributed by atoms with Crippen molar-refractivity contribution >= 4 is 23.8 Å². The lowest BCUT2D eigenvalue weighted by atomic mass is 9.92. The summed E-state index contributed by atoms with van der Waals surface area (Å²) in [6, 6.07) is 0. The fraction of sp³-hybridized carbons (Fsp3) is 0.630. The van der Waals surface area contributed by atoms with E-state index in [1.807, 2.05) is 0 Å². The van der Waals surface area contributed by atoms with Crippen molar-refractivity contribution in [1.82, 2.24) is 0 Å². The summed E-state index contributed by atoms with van der Waals surface area (Å²) >= 11 is 0. The van der Waals surface area contributed by atoms with Gasteiger partial charge in [0, 0.05) is 13.3 Å². The highest BCUT2D eigenvalue weighted by molar-refractivity contribution is 6.28. The molecule has 0 aromatic carbocycles. The Kier molecular flexibility index (Phi) is 15.1. The smallest absolute Gasteiger partial charge is 0.379 e. The molecule has 194 valence electrons. The zero-order valence-electron chi connectivity index (χ0n) is 21.2. The fourth-order valence-electron chi connectivity index (χ4n) is 3.74. The largest absolute Gasteiger partial charge is 0.481 e. The monoisotopic (exact) mass is 487 g/mol. The van der Waals surface area contributed by atoms with Crippen LogP contribution >= 0.6 is 0 Å². The summed E-state index contributed by atoms with van der Waals surface area (Å²) in [7, 11) is 0. The maximum absolute atomic E-state index is 12.4. The van der Waals surface area contributed by atoms with Gasteiger partial charge < -0.3 is 15.2 Å². The highest BCUT2D eigenvalue weighted by Gasteiger charge is 2.43. The summed E-state index contributed by atoms with van der Waals surface area (Å²) in [6.45, 7) is 3.63. The number of carbonyl (C=O) groups is 2. The van der Waals surface area contributed by atoms with Crippen molar-refractivity contribution in [3.8, 4) is 0 Å². The minimum atomic E-state index is -1.52. The van der Waals surface area contributed by atoms with Crippen molar-refractivity contribution in [1.29, 1.82) is 0 Å². The normalized spacial score (nSPS) is 18.6. The molecule has 8 nitrogen and oxygen atoms in total. The second kappa shape index (κ2) is 17.5. The summed E-state index contributed by atoms with van der Waals surface area (Å²) in [5.74, 6) is -2.40. The number of hydrogen-bond acceptors (Lipinski definition) is 6. The van der Waals surface area contributed by atoms with Crippen molar-refractivity contribution in [2.24, 2.45) is 15.9 Å². The molecular weight excluding hydrogens is 446 g/mol. The third kappa shape index (κ3) is 12.9. The molecule has 0 fully saturated rings. The third-order valence-corrected chi connectivity index (χ3v) is 5.99. The van der Waals surface area contributed by atoms with Gasteiger partial charge in [-0.3, -0.25) is 9.59 Å². The molecular formula is C27H41N3O5. The Morgan fingerprint density at radius 2 is 1.60 bits per heavy atom. The first-order valence-electron chi connectivity index (χ1n) is 12.8. The molecule has 1 heterocycles. The van der Waals surface area contributed by atoms with Crippen LogP contribution in [0.25, 0.3) is 0 Å². The predicted octanol–water partition coefficient (Wildman–Crippen LogP) is 6.49. The first-order chi connectivity index (χ1) is 16.8. The minimum absolute atomic E-state index is 0.0236. The molecule has 0 saturated carbocycles. The van der Waals surface area contributed by atoms with Crippen LogP contribution in [-0.4, -0.2) is 39.5 Å². The fourth-order valence-corrected chi connectivity index (χ4v) is 3.74. The molecule has 2 atom stereocenters. The van der Waals surface area contributed by atoms with Gasteiger partial charge >= 0.3 is 11.8 Å². The summed E-state index contributed by atoms with van der Waals surface area (Å²) in [5.41, 5.74) is -1.52. The van der Waals surface area contributed by atoms with Crippen LogP contribution in [0.2, 0.25) is 0 Å². The van der Waals surface area contributed by atoms with Gasteiger partial charge in [0.25, 0.3) is 5.66 Å². The quantitative estimate of drug-likeness (QED) is 0.0965. The van der Waals surface area contributed by atoms with Crippen LogP contribution in [0, 0.1) is 16.0 Å². The van der Waals surface area contributed by atoms with Crippen LogP contribution in [0.3, 0.4) is 0 Å². The van der Waals surface area contributed by atoms with Gasteiger partial charge in [-0.25, -0.2) is 4.99 Å². The molecule has 0 amide bonds. The van der Waals surface area contributed by atoms with Crippen LogP contribution in [-0.2, 0) is 9.59 Å². The number of nitrogens with zero attached hydrogens (tertiary/aromatic N) is 3. The van der Waals surface area contributed by atoms with Crippen molar-refractivity contribution in [3.05, 3.63) is 46.6 Å². The number of Topliss-reactive ketones (excluding diaryl/α,β-unsaturated/α-hetero) is 1. The number of nitro groups is 1. The zero-order valence-corrected chi connectivity index (χ0v) is 21.2. The van der Waals surface area contributed by atoms with E-state index in [1.165, 1.54) is 32.6 Å². The number of amidine groups is 1. The van der Waals surface area contributed by atoms with E-state index >= 15 is 0 Å². The van der Waals surface area contributed by atoms with E-state index in [2.05, 4.69) is 53.4 Å². The molecule has 0 aromatic heterocycles. The molecule has 35 heavy (non-hydrogen) atoms.